The van der Waals surface area contributed by atoms with Gasteiger partial charge in [-0.25, -0.2) is 4.79 Å². The van der Waals surface area contributed by atoms with Gasteiger partial charge in [-0.2, -0.15) is 0 Å². The van der Waals surface area contributed by atoms with Crippen molar-refractivity contribution in [2.75, 3.05) is 13.6 Å². The van der Waals surface area contributed by atoms with Crippen molar-refractivity contribution < 1.29 is 9.59 Å². The topological polar surface area (TPSA) is 92.2 Å². The molecular weight excluding hydrogens is 284 g/mol. The van der Waals surface area contributed by atoms with Gasteiger partial charge in [-0.1, -0.05) is 0 Å². The van der Waals surface area contributed by atoms with Gasteiger partial charge >= 0.3 is 6.03 Å². The molecule has 22 heavy (non-hydrogen) atoms. The van der Waals surface area contributed by atoms with Crippen LogP contribution >= 0.6 is 0 Å². The van der Waals surface area contributed by atoms with E-state index in [1.807, 2.05) is 0 Å². The molecule has 8 heteroatoms. The Balaban J connectivity index is 1.58. The zero-order chi connectivity index (χ0) is 15.5. The summed E-state index contributed by atoms with van der Waals surface area (Å²) in [6, 6.07) is -0.695. The molecule has 0 aromatic carbocycles. The Morgan fingerprint density at radius 1 is 1.41 bits per heavy atom. The number of urea groups is 1. The van der Waals surface area contributed by atoms with Crippen LogP contribution in [-0.2, 0) is 24.3 Å². The predicted molar refractivity (Wildman–Crippen MR) is 79.0 cm³/mol. The van der Waals surface area contributed by atoms with Gasteiger partial charge in [-0.15, -0.1) is 10.2 Å². The van der Waals surface area contributed by atoms with Crippen LogP contribution in [0.25, 0.3) is 0 Å². The molecule has 1 atom stereocenters. The first-order valence-electron chi connectivity index (χ1n) is 7.85. The minimum absolute atomic E-state index is 0.0948. The molecule has 2 aliphatic rings. The van der Waals surface area contributed by atoms with Crippen LogP contribution in [-0.4, -0.2) is 51.2 Å². The second kappa shape index (κ2) is 6.33. The highest BCUT2D eigenvalue weighted by molar-refractivity contribution is 5.87. The molecule has 1 aromatic rings. The average Bonchev–Trinajstić information content (AvgIpc) is 3.04. The lowest BCUT2D eigenvalue weighted by Gasteiger charge is -2.21. The molecule has 0 spiro atoms. The maximum atomic E-state index is 12.3. The van der Waals surface area contributed by atoms with Gasteiger partial charge in [0.25, 0.3) is 0 Å². The highest BCUT2D eigenvalue weighted by Gasteiger charge is 2.25. The van der Waals surface area contributed by atoms with E-state index >= 15 is 0 Å². The van der Waals surface area contributed by atoms with Crippen molar-refractivity contribution in [2.45, 2.75) is 51.2 Å². The van der Waals surface area contributed by atoms with Crippen LogP contribution in [0.4, 0.5) is 4.79 Å². The summed E-state index contributed by atoms with van der Waals surface area (Å²) in [7, 11) is 1.71. The van der Waals surface area contributed by atoms with Crippen LogP contribution in [0, 0.1) is 0 Å². The second-order valence-corrected chi connectivity index (χ2v) is 5.93. The third-order valence-corrected chi connectivity index (χ3v) is 4.24. The van der Waals surface area contributed by atoms with Gasteiger partial charge in [-0.3, -0.25) is 4.79 Å². The van der Waals surface area contributed by atoms with E-state index in [2.05, 4.69) is 25.4 Å². The molecule has 0 saturated carbocycles. The van der Waals surface area contributed by atoms with E-state index in [9.17, 15) is 9.59 Å². The first-order chi connectivity index (χ1) is 10.6. The van der Waals surface area contributed by atoms with Gasteiger partial charge in [0.1, 0.15) is 11.9 Å². The van der Waals surface area contributed by atoms with Gasteiger partial charge in [0.2, 0.25) is 5.91 Å². The Morgan fingerprint density at radius 2 is 2.27 bits per heavy atom. The molecule has 120 valence electrons. The third-order valence-electron chi connectivity index (χ3n) is 4.24. The largest absolute Gasteiger partial charge is 0.354 e. The minimum atomic E-state index is -0.443. The number of carbonyl (C=O) groups excluding carboxylic acids is 2. The fourth-order valence-electron chi connectivity index (χ4n) is 2.95. The second-order valence-electron chi connectivity index (χ2n) is 5.93. The van der Waals surface area contributed by atoms with Crippen LogP contribution < -0.4 is 10.6 Å². The molecule has 1 fully saturated rings. The summed E-state index contributed by atoms with van der Waals surface area (Å²) in [6.07, 6.45) is 4.61. The van der Waals surface area contributed by atoms with Gasteiger partial charge < -0.3 is 20.1 Å². The maximum Gasteiger partial charge on any atom is 0.318 e. The molecule has 0 aliphatic carbocycles. The Morgan fingerprint density at radius 3 is 3.14 bits per heavy atom. The summed E-state index contributed by atoms with van der Waals surface area (Å²) in [4.78, 5) is 25.7. The Kier molecular flexibility index (Phi) is 4.26. The standard InChI is InChI=1S/C14H22N6O2/c1-19(9-12-18-17-11-6-4-8-20(11)12)14(22)16-10-5-2-3-7-15-13(10)21/h10H,2-9H2,1H3,(H,15,21)(H,16,22). The van der Waals surface area contributed by atoms with E-state index < -0.39 is 6.04 Å². The fraction of sp³-hybridized carbons (Fsp3) is 0.714. The first-order valence-corrected chi connectivity index (χ1v) is 7.85. The molecule has 3 heterocycles. The zero-order valence-corrected chi connectivity index (χ0v) is 12.8. The van der Waals surface area contributed by atoms with Gasteiger partial charge in [0.05, 0.1) is 6.54 Å². The number of hydrogen-bond acceptors (Lipinski definition) is 4. The maximum absolute atomic E-state index is 12.3. The summed E-state index contributed by atoms with van der Waals surface area (Å²) in [6.45, 7) is 2.00. The Bertz CT molecular complexity index is 570. The zero-order valence-electron chi connectivity index (χ0n) is 12.8. The van der Waals surface area contributed by atoms with Crippen LogP contribution in [0.3, 0.4) is 0 Å². The third kappa shape index (κ3) is 3.05. The monoisotopic (exact) mass is 306 g/mol. The molecule has 0 bridgehead atoms. The van der Waals surface area contributed by atoms with Crippen molar-refractivity contribution in [1.82, 2.24) is 30.3 Å². The molecular formula is C14H22N6O2. The lowest BCUT2D eigenvalue weighted by Crippen LogP contribution is -2.49. The van der Waals surface area contributed by atoms with E-state index in [1.165, 1.54) is 0 Å². The number of carbonyl (C=O) groups is 2. The summed E-state index contributed by atoms with van der Waals surface area (Å²) in [5.74, 6) is 1.70. The van der Waals surface area contributed by atoms with Crippen LogP contribution in [0.5, 0.6) is 0 Å². The molecule has 2 N–H and O–H groups in total. The summed E-state index contributed by atoms with van der Waals surface area (Å²) in [5, 5.41) is 13.9. The Labute approximate surface area is 129 Å². The van der Waals surface area contributed by atoms with Crippen molar-refractivity contribution in [3.63, 3.8) is 0 Å². The first kappa shape index (κ1) is 14.8. The highest BCUT2D eigenvalue weighted by Crippen LogP contribution is 2.15. The molecule has 0 radical (unpaired) electrons. The average molecular weight is 306 g/mol. The van der Waals surface area contributed by atoms with Gasteiger partial charge in [-0.05, 0) is 25.7 Å². The lowest BCUT2D eigenvalue weighted by atomic mass is 10.1. The molecule has 3 amide bonds. The van der Waals surface area contributed by atoms with Crippen LogP contribution in [0.2, 0.25) is 0 Å². The molecule has 8 nitrogen and oxygen atoms in total. The van der Waals surface area contributed by atoms with Gasteiger partial charge in [0.15, 0.2) is 5.82 Å². The number of fused-ring (bicyclic) bond motifs is 1. The van der Waals surface area contributed by atoms with E-state index in [4.69, 9.17) is 0 Å². The quantitative estimate of drug-likeness (QED) is 0.824. The van der Waals surface area contributed by atoms with E-state index in [0.717, 1.165) is 43.9 Å². The minimum Gasteiger partial charge on any atom is -0.354 e. The van der Waals surface area contributed by atoms with Crippen LogP contribution in [0.15, 0.2) is 0 Å². The van der Waals surface area contributed by atoms with E-state index in [0.29, 0.717) is 19.5 Å². The van der Waals surface area contributed by atoms with Crippen molar-refractivity contribution >= 4 is 11.9 Å². The van der Waals surface area contributed by atoms with Crippen molar-refractivity contribution in [3.8, 4) is 0 Å². The van der Waals surface area contributed by atoms with Crippen molar-refractivity contribution in [2.24, 2.45) is 0 Å². The predicted octanol–water partition coefficient (Wildman–Crippen LogP) is 0.0344. The number of aromatic nitrogens is 3. The smallest absolute Gasteiger partial charge is 0.318 e. The summed E-state index contributed by atoms with van der Waals surface area (Å²) >= 11 is 0. The molecule has 2 aliphatic heterocycles. The Hall–Kier alpha value is -2.12. The number of hydrogen-bond donors (Lipinski definition) is 2. The normalized spacial score (nSPS) is 21.0. The summed E-state index contributed by atoms with van der Waals surface area (Å²) in [5.41, 5.74) is 0. The number of amides is 3. The SMILES string of the molecule is CN(Cc1nnc2n1CCC2)C(=O)NC1CCCCNC1=O. The van der Waals surface area contributed by atoms with Crippen molar-refractivity contribution in [1.29, 1.82) is 0 Å². The van der Waals surface area contributed by atoms with E-state index in [1.54, 1.807) is 11.9 Å². The summed E-state index contributed by atoms with van der Waals surface area (Å²) < 4.78 is 2.07. The fourth-order valence-corrected chi connectivity index (χ4v) is 2.95. The lowest BCUT2D eigenvalue weighted by molar-refractivity contribution is -0.122. The molecule has 3 rings (SSSR count). The highest BCUT2D eigenvalue weighted by atomic mass is 16.2. The molecule has 1 saturated heterocycles. The van der Waals surface area contributed by atoms with Gasteiger partial charge in [0, 0.05) is 26.6 Å². The number of rotatable bonds is 3. The van der Waals surface area contributed by atoms with Crippen molar-refractivity contribution in [3.05, 3.63) is 11.6 Å². The molecule has 1 aromatic heterocycles. The van der Waals surface area contributed by atoms with Crippen LogP contribution in [0.1, 0.15) is 37.3 Å². The molecule has 1 unspecified atom stereocenters. The number of nitrogens with one attached hydrogen (secondary N) is 2. The van der Waals surface area contributed by atoms with E-state index in [-0.39, 0.29) is 11.9 Å². The number of aryl methyl sites for hydroxylation is 1. The number of nitrogens with zero attached hydrogens (tertiary/aromatic N) is 4.